The van der Waals surface area contributed by atoms with Gasteiger partial charge in [-0.3, -0.25) is 14.9 Å². The zero-order chi connectivity index (χ0) is 14.6. The molecule has 0 radical (unpaired) electrons. The zero-order valence-corrected chi connectivity index (χ0v) is 9.91. The predicted octanol–water partition coefficient (Wildman–Crippen LogP) is 2.18. The lowest BCUT2D eigenvalue weighted by Crippen LogP contribution is -2.15. The summed E-state index contributed by atoms with van der Waals surface area (Å²) in [6, 6.07) is 1.34. The minimum atomic E-state index is -1.51. The third-order valence-electron chi connectivity index (χ3n) is 2.24. The van der Waals surface area contributed by atoms with Crippen LogP contribution in [0.2, 0.25) is 0 Å². The number of hydrogen-bond donors (Lipinski definition) is 1. The van der Waals surface area contributed by atoms with Crippen LogP contribution in [0, 0.1) is 21.7 Å². The van der Waals surface area contributed by atoms with Crippen LogP contribution >= 0.6 is 0 Å². The number of halogens is 2. The van der Waals surface area contributed by atoms with Gasteiger partial charge in [0.25, 0.3) is 5.69 Å². The number of nitro groups is 1. The molecule has 1 aromatic rings. The third-order valence-corrected chi connectivity index (χ3v) is 2.24. The quantitative estimate of drug-likeness (QED) is 0.657. The molecule has 0 unspecified atom stereocenters. The van der Waals surface area contributed by atoms with Crippen molar-refractivity contribution in [1.29, 1.82) is 0 Å². The molecule has 1 aromatic carbocycles. The zero-order valence-electron chi connectivity index (χ0n) is 9.91. The Morgan fingerprint density at radius 1 is 1.32 bits per heavy atom. The Balaban J connectivity index is 2.99. The summed E-state index contributed by atoms with van der Waals surface area (Å²) >= 11 is 0. The van der Waals surface area contributed by atoms with E-state index in [1.165, 1.54) is 6.92 Å². The summed E-state index contributed by atoms with van der Waals surface area (Å²) in [6.07, 6.45) is -0.348. The Kier molecular flexibility index (Phi) is 4.62. The maximum absolute atomic E-state index is 13.4. The number of Topliss-reactive ketones (excluding diaryl/α,β-unsaturated/α-hetero) is 1. The van der Waals surface area contributed by atoms with E-state index in [0.29, 0.717) is 6.07 Å². The maximum atomic E-state index is 13.4. The predicted molar refractivity (Wildman–Crippen MR) is 61.6 cm³/mol. The second-order valence-electron chi connectivity index (χ2n) is 3.76. The monoisotopic (exact) mass is 272 g/mol. The van der Waals surface area contributed by atoms with Crippen LogP contribution in [-0.4, -0.2) is 16.6 Å². The summed E-state index contributed by atoms with van der Waals surface area (Å²) in [5.41, 5.74) is -1.59. The molecule has 0 aliphatic heterocycles. The first-order valence-electron chi connectivity index (χ1n) is 5.24. The van der Waals surface area contributed by atoms with Crippen molar-refractivity contribution in [1.82, 2.24) is 0 Å². The molecule has 0 fully saturated rings. The molecule has 0 aromatic heterocycles. The van der Waals surface area contributed by atoms with Crippen molar-refractivity contribution < 1.29 is 23.3 Å². The minimum Gasteiger partial charge on any atom is -0.318 e. The summed E-state index contributed by atoms with van der Waals surface area (Å²) in [5.74, 6) is -3.88. The van der Waals surface area contributed by atoms with Gasteiger partial charge >= 0.3 is 0 Å². The van der Waals surface area contributed by atoms with Crippen LogP contribution in [0.15, 0.2) is 12.1 Å². The first-order valence-corrected chi connectivity index (χ1v) is 5.24. The molecule has 8 heteroatoms. The first-order chi connectivity index (χ1) is 8.82. The van der Waals surface area contributed by atoms with E-state index in [-0.39, 0.29) is 18.6 Å². The molecule has 0 heterocycles. The summed E-state index contributed by atoms with van der Waals surface area (Å²) in [5, 5.41) is 12.6. The molecule has 1 rings (SSSR count). The molecular formula is C11H10F2N2O4. The van der Waals surface area contributed by atoms with E-state index < -0.39 is 33.8 Å². The summed E-state index contributed by atoms with van der Waals surface area (Å²) in [4.78, 5) is 31.8. The van der Waals surface area contributed by atoms with E-state index in [1.54, 1.807) is 0 Å². The van der Waals surface area contributed by atoms with E-state index in [4.69, 9.17) is 0 Å². The highest BCUT2D eigenvalue weighted by molar-refractivity contribution is 5.95. The van der Waals surface area contributed by atoms with Crippen molar-refractivity contribution in [3.05, 3.63) is 33.9 Å². The molecule has 0 saturated heterocycles. The number of ketones is 1. The molecule has 1 N–H and O–H groups in total. The van der Waals surface area contributed by atoms with E-state index in [2.05, 4.69) is 0 Å². The molecular weight excluding hydrogens is 262 g/mol. The number of rotatable bonds is 5. The Morgan fingerprint density at radius 3 is 2.47 bits per heavy atom. The number of nitrogens with zero attached hydrogens (tertiary/aromatic N) is 1. The fraction of sp³-hybridized carbons (Fsp3) is 0.273. The molecule has 0 spiro atoms. The number of anilines is 1. The van der Waals surface area contributed by atoms with Crippen LogP contribution in [0.4, 0.5) is 20.2 Å². The van der Waals surface area contributed by atoms with Gasteiger partial charge in [0.05, 0.1) is 4.92 Å². The van der Waals surface area contributed by atoms with Gasteiger partial charge < -0.3 is 10.1 Å². The normalized spacial score (nSPS) is 10.1. The number of nitro benzene ring substituents is 1. The Bertz CT molecular complexity index is 546. The summed E-state index contributed by atoms with van der Waals surface area (Å²) in [7, 11) is 0. The van der Waals surface area contributed by atoms with Crippen LogP contribution in [0.5, 0.6) is 0 Å². The van der Waals surface area contributed by atoms with Crippen LogP contribution in [-0.2, 0) is 9.59 Å². The van der Waals surface area contributed by atoms with Crippen LogP contribution in [0.1, 0.15) is 19.8 Å². The molecule has 0 aliphatic carbocycles. The van der Waals surface area contributed by atoms with Crippen molar-refractivity contribution in [2.45, 2.75) is 19.8 Å². The number of carbonyl (C=O) groups excluding carboxylic acids is 2. The van der Waals surface area contributed by atoms with Gasteiger partial charge in [-0.15, -0.1) is 0 Å². The van der Waals surface area contributed by atoms with Crippen molar-refractivity contribution in [3.63, 3.8) is 0 Å². The molecule has 6 nitrogen and oxygen atoms in total. The largest absolute Gasteiger partial charge is 0.318 e. The molecule has 102 valence electrons. The molecule has 0 saturated carbocycles. The summed E-state index contributed by atoms with van der Waals surface area (Å²) < 4.78 is 26.4. The van der Waals surface area contributed by atoms with E-state index in [0.717, 1.165) is 6.07 Å². The fourth-order valence-corrected chi connectivity index (χ4v) is 1.30. The molecule has 0 atom stereocenters. The maximum Gasteiger partial charge on any atom is 0.296 e. The SMILES string of the molecule is CC(=O)CCC(=O)Nc1c([N+](=O)[O-])ccc(F)c1F. The first kappa shape index (κ1) is 14.7. The van der Waals surface area contributed by atoms with Crippen LogP contribution in [0.3, 0.4) is 0 Å². The number of benzene rings is 1. The van der Waals surface area contributed by atoms with Gasteiger partial charge in [0.15, 0.2) is 17.3 Å². The van der Waals surface area contributed by atoms with Gasteiger partial charge in [-0.1, -0.05) is 0 Å². The van der Waals surface area contributed by atoms with Gasteiger partial charge in [0.2, 0.25) is 5.91 Å². The summed E-state index contributed by atoms with van der Waals surface area (Å²) in [6.45, 7) is 1.26. The highest BCUT2D eigenvalue weighted by atomic mass is 19.2. The van der Waals surface area contributed by atoms with E-state index in [1.807, 2.05) is 5.32 Å². The van der Waals surface area contributed by atoms with Gasteiger partial charge in [0, 0.05) is 18.9 Å². The third kappa shape index (κ3) is 3.80. The van der Waals surface area contributed by atoms with Crippen molar-refractivity contribution in [2.75, 3.05) is 5.32 Å². The molecule has 1 amide bonds. The molecule has 0 aliphatic rings. The lowest BCUT2D eigenvalue weighted by Gasteiger charge is -2.07. The average Bonchev–Trinajstić information content (AvgIpc) is 2.32. The average molecular weight is 272 g/mol. The number of amides is 1. The number of hydrogen-bond acceptors (Lipinski definition) is 4. The van der Waals surface area contributed by atoms with Crippen LogP contribution < -0.4 is 5.32 Å². The molecule has 0 bridgehead atoms. The Morgan fingerprint density at radius 2 is 1.95 bits per heavy atom. The lowest BCUT2D eigenvalue weighted by atomic mass is 10.2. The Hall–Kier alpha value is -2.38. The van der Waals surface area contributed by atoms with Gasteiger partial charge in [-0.05, 0) is 13.0 Å². The number of carbonyl (C=O) groups is 2. The minimum absolute atomic E-state index is 0.0867. The highest BCUT2D eigenvalue weighted by Crippen LogP contribution is 2.29. The second kappa shape index (κ2) is 5.98. The van der Waals surface area contributed by atoms with Gasteiger partial charge in [-0.25, -0.2) is 8.78 Å². The lowest BCUT2D eigenvalue weighted by molar-refractivity contribution is -0.384. The van der Waals surface area contributed by atoms with Crippen molar-refractivity contribution in [2.24, 2.45) is 0 Å². The van der Waals surface area contributed by atoms with Crippen molar-refractivity contribution in [3.8, 4) is 0 Å². The standard InChI is InChI=1S/C11H10F2N2O4/c1-6(16)2-5-9(17)14-11-8(15(18)19)4-3-7(12)10(11)13/h3-4H,2,5H2,1H3,(H,14,17). The molecule has 19 heavy (non-hydrogen) atoms. The fourth-order valence-electron chi connectivity index (χ4n) is 1.30. The van der Waals surface area contributed by atoms with E-state index >= 15 is 0 Å². The van der Waals surface area contributed by atoms with Crippen molar-refractivity contribution >= 4 is 23.1 Å². The topological polar surface area (TPSA) is 89.3 Å². The second-order valence-corrected chi connectivity index (χ2v) is 3.76. The van der Waals surface area contributed by atoms with Gasteiger partial charge in [0.1, 0.15) is 5.78 Å². The van der Waals surface area contributed by atoms with Gasteiger partial charge in [-0.2, -0.15) is 0 Å². The Labute approximate surface area is 106 Å². The van der Waals surface area contributed by atoms with E-state index in [9.17, 15) is 28.5 Å². The smallest absolute Gasteiger partial charge is 0.296 e. The number of nitrogens with one attached hydrogen (secondary N) is 1. The van der Waals surface area contributed by atoms with Crippen LogP contribution in [0.25, 0.3) is 0 Å². The highest BCUT2D eigenvalue weighted by Gasteiger charge is 2.23.